The number of aromatic nitrogens is 1. The third-order valence-electron chi connectivity index (χ3n) is 3.86. The summed E-state index contributed by atoms with van der Waals surface area (Å²) in [6.07, 6.45) is 1.68. The topological polar surface area (TPSA) is 53.5 Å². The highest BCUT2D eigenvalue weighted by Crippen LogP contribution is 2.17. The van der Waals surface area contributed by atoms with Gasteiger partial charge in [0, 0.05) is 25.8 Å². The summed E-state index contributed by atoms with van der Waals surface area (Å²) in [6.45, 7) is 7.20. The molecule has 0 spiro atoms. The third kappa shape index (κ3) is 4.63. The Bertz CT molecular complexity index is 744. The van der Waals surface area contributed by atoms with Crippen LogP contribution in [0.2, 0.25) is 0 Å². The molecule has 6 heteroatoms. The van der Waals surface area contributed by atoms with Gasteiger partial charge in [0.2, 0.25) is 0 Å². The Hall–Kier alpha value is -1.76. The maximum absolute atomic E-state index is 13.0. The highest BCUT2D eigenvalue weighted by Gasteiger charge is 2.28. The Kier molecular flexibility index (Phi) is 6.48. The first kappa shape index (κ1) is 18.6. The molecule has 0 aliphatic rings. The van der Waals surface area contributed by atoms with Gasteiger partial charge in [0.25, 0.3) is 10.2 Å². The number of benzene rings is 1. The second-order valence-corrected chi connectivity index (χ2v) is 7.60. The van der Waals surface area contributed by atoms with Crippen molar-refractivity contribution in [3.63, 3.8) is 0 Å². The first-order chi connectivity index (χ1) is 11.5. The molecule has 130 valence electrons. The van der Waals surface area contributed by atoms with Crippen LogP contribution >= 0.6 is 0 Å². The molecule has 5 nitrogen and oxygen atoms in total. The smallest absolute Gasteiger partial charge is 0.260 e. The number of nitrogens with zero attached hydrogens (tertiary/aromatic N) is 3. The van der Waals surface area contributed by atoms with E-state index in [1.807, 2.05) is 63.2 Å². The molecule has 1 aromatic carbocycles. The summed E-state index contributed by atoms with van der Waals surface area (Å²) in [5, 5.41) is 0. The summed E-state index contributed by atoms with van der Waals surface area (Å²) >= 11 is 0. The molecule has 0 radical (unpaired) electrons. The van der Waals surface area contributed by atoms with E-state index in [2.05, 4.69) is 4.98 Å². The fraction of sp³-hybridized carbons (Fsp3) is 0.389. The Labute approximate surface area is 145 Å². The van der Waals surface area contributed by atoms with Crippen molar-refractivity contribution in [3.8, 4) is 0 Å². The van der Waals surface area contributed by atoms with E-state index < -0.39 is 10.2 Å². The van der Waals surface area contributed by atoms with E-state index in [0.29, 0.717) is 19.6 Å². The minimum absolute atomic E-state index is 0.258. The van der Waals surface area contributed by atoms with E-state index in [1.165, 1.54) is 8.61 Å². The van der Waals surface area contributed by atoms with E-state index in [4.69, 9.17) is 0 Å². The highest BCUT2D eigenvalue weighted by atomic mass is 32.2. The van der Waals surface area contributed by atoms with Gasteiger partial charge < -0.3 is 0 Å². The van der Waals surface area contributed by atoms with Gasteiger partial charge >= 0.3 is 0 Å². The van der Waals surface area contributed by atoms with E-state index in [-0.39, 0.29) is 6.54 Å². The van der Waals surface area contributed by atoms with Gasteiger partial charge in [0.1, 0.15) is 0 Å². The van der Waals surface area contributed by atoms with Gasteiger partial charge in [0.15, 0.2) is 0 Å². The van der Waals surface area contributed by atoms with Crippen molar-refractivity contribution in [1.82, 2.24) is 13.6 Å². The monoisotopic (exact) mass is 347 g/mol. The molecule has 0 atom stereocenters. The fourth-order valence-corrected chi connectivity index (χ4v) is 4.21. The number of pyridine rings is 1. The largest absolute Gasteiger partial charge is 0.282 e. The lowest BCUT2D eigenvalue weighted by molar-refractivity contribution is 0.337. The van der Waals surface area contributed by atoms with Crippen molar-refractivity contribution in [1.29, 1.82) is 0 Å². The van der Waals surface area contributed by atoms with Crippen LogP contribution < -0.4 is 0 Å². The second kappa shape index (κ2) is 8.37. The van der Waals surface area contributed by atoms with Gasteiger partial charge in [-0.05, 0) is 24.6 Å². The molecular formula is C18H25N3O2S. The Morgan fingerprint density at radius 1 is 0.958 bits per heavy atom. The normalized spacial score (nSPS) is 12.0. The quantitative estimate of drug-likeness (QED) is 0.738. The number of hydrogen-bond acceptors (Lipinski definition) is 3. The van der Waals surface area contributed by atoms with Crippen LogP contribution in [0.4, 0.5) is 0 Å². The average molecular weight is 347 g/mol. The lowest BCUT2D eigenvalue weighted by atomic mass is 10.1. The van der Waals surface area contributed by atoms with Crippen molar-refractivity contribution in [2.45, 2.75) is 33.9 Å². The molecule has 1 heterocycles. The molecule has 24 heavy (non-hydrogen) atoms. The molecule has 0 saturated carbocycles. The molecule has 0 unspecified atom stereocenters. The van der Waals surface area contributed by atoms with Gasteiger partial charge in [0.05, 0.1) is 12.2 Å². The van der Waals surface area contributed by atoms with Gasteiger partial charge in [-0.1, -0.05) is 49.7 Å². The fourth-order valence-electron chi connectivity index (χ4n) is 2.62. The Morgan fingerprint density at radius 2 is 1.71 bits per heavy atom. The molecule has 0 aliphatic heterocycles. The van der Waals surface area contributed by atoms with Crippen LogP contribution in [0.5, 0.6) is 0 Å². The van der Waals surface area contributed by atoms with Crippen LogP contribution in [0.25, 0.3) is 0 Å². The maximum atomic E-state index is 13.0. The predicted molar refractivity (Wildman–Crippen MR) is 96.5 cm³/mol. The molecule has 0 fully saturated rings. The van der Waals surface area contributed by atoms with Crippen molar-refractivity contribution in [2.24, 2.45) is 0 Å². The van der Waals surface area contributed by atoms with Gasteiger partial charge in [-0.2, -0.15) is 17.0 Å². The molecular weight excluding hydrogens is 322 g/mol. The number of rotatable bonds is 8. The van der Waals surface area contributed by atoms with Crippen molar-refractivity contribution < 1.29 is 8.42 Å². The highest BCUT2D eigenvalue weighted by molar-refractivity contribution is 7.86. The molecule has 0 N–H and O–H groups in total. The summed E-state index contributed by atoms with van der Waals surface area (Å²) in [4.78, 5) is 4.28. The Balaban J connectivity index is 2.33. The zero-order valence-electron chi connectivity index (χ0n) is 14.5. The molecule has 0 amide bonds. The molecule has 2 aromatic rings. The summed E-state index contributed by atoms with van der Waals surface area (Å²) in [7, 11) is -3.55. The molecule has 0 aliphatic carbocycles. The van der Waals surface area contributed by atoms with Crippen LogP contribution in [-0.2, 0) is 23.3 Å². The second-order valence-electron chi connectivity index (χ2n) is 5.67. The minimum Gasteiger partial charge on any atom is -0.260 e. The summed E-state index contributed by atoms with van der Waals surface area (Å²) < 4.78 is 29.0. The van der Waals surface area contributed by atoms with Crippen molar-refractivity contribution in [3.05, 3.63) is 65.5 Å². The van der Waals surface area contributed by atoms with E-state index >= 15 is 0 Å². The third-order valence-corrected chi connectivity index (χ3v) is 5.94. The predicted octanol–water partition coefficient (Wildman–Crippen LogP) is 2.98. The van der Waals surface area contributed by atoms with E-state index in [9.17, 15) is 8.42 Å². The summed E-state index contributed by atoms with van der Waals surface area (Å²) in [5.41, 5.74) is 2.83. The van der Waals surface area contributed by atoms with Gasteiger partial charge in [-0.15, -0.1) is 0 Å². The van der Waals surface area contributed by atoms with Crippen LogP contribution in [0.1, 0.15) is 30.7 Å². The van der Waals surface area contributed by atoms with E-state index in [0.717, 1.165) is 16.8 Å². The van der Waals surface area contributed by atoms with E-state index in [1.54, 1.807) is 6.20 Å². The first-order valence-corrected chi connectivity index (χ1v) is 9.57. The SMILES string of the molecule is CCN(CC)S(=O)(=O)N(Cc1cccc(C)c1)Cc1ccccn1. The van der Waals surface area contributed by atoms with Crippen LogP contribution in [0.15, 0.2) is 48.7 Å². The standard InChI is InChI=1S/C18H25N3O2S/c1-4-20(5-2)24(22,23)21(15-18-11-6-7-12-19-18)14-17-10-8-9-16(3)13-17/h6-13H,4-5,14-15H2,1-3H3. The molecule has 0 saturated heterocycles. The molecule has 0 bridgehead atoms. The number of hydrogen-bond donors (Lipinski definition) is 0. The van der Waals surface area contributed by atoms with Crippen molar-refractivity contribution >= 4 is 10.2 Å². The molecule has 1 aromatic heterocycles. The number of aryl methyl sites for hydroxylation is 1. The lowest BCUT2D eigenvalue weighted by Crippen LogP contribution is -2.43. The van der Waals surface area contributed by atoms with Crippen LogP contribution in [-0.4, -0.2) is 35.1 Å². The van der Waals surface area contributed by atoms with Gasteiger partial charge in [-0.3, -0.25) is 4.98 Å². The Morgan fingerprint density at radius 3 is 2.29 bits per heavy atom. The zero-order valence-corrected chi connectivity index (χ0v) is 15.3. The maximum Gasteiger partial charge on any atom is 0.282 e. The summed E-state index contributed by atoms with van der Waals surface area (Å²) in [5.74, 6) is 0. The molecule has 2 rings (SSSR count). The summed E-state index contributed by atoms with van der Waals surface area (Å²) in [6, 6.07) is 13.5. The van der Waals surface area contributed by atoms with Gasteiger partial charge in [-0.25, -0.2) is 0 Å². The average Bonchev–Trinajstić information content (AvgIpc) is 2.56. The van der Waals surface area contributed by atoms with Crippen LogP contribution in [0, 0.1) is 6.92 Å². The lowest BCUT2D eigenvalue weighted by Gasteiger charge is -2.28. The van der Waals surface area contributed by atoms with Crippen molar-refractivity contribution in [2.75, 3.05) is 13.1 Å². The minimum atomic E-state index is -3.55. The zero-order chi connectivity index (χ0) is 17.6. The first-order valence-electron chi connectivity index (χ1n) is 8.18. The van der Waals surface area contributed by atoms with Crippen LogP contribution in [0.3, 0.4) is 0 Å².